The molecule has 0 spiro atoms. The molecular formula is C21H23N3O4. The SMILES string of the molecule is NC(=O)Nc1cccc(C(=O)NC(CC2CCCc3ccccc32)C(=O)O)c1. The van der Waals surface area contributed by atoms with E-state index in [2.05, 4.69) is 16.7 Å². The summed E-state index contributed by atoms with van der Waals surface area (Å²) in [5.41, 5.74) is 8.12. The summed E-state index contributed by atoms with van der Waals surface area (Å²) in [4.78, 5) is 35.3. The molecule has 2 aromatic rings. The van der Waals surface area contributed by atoms with Crippen LogP contribution in [0.1, 0.15) is 46.7 Å². The number of benzene rings is 2. The summed E-state index contributed by atoms with van der Waals surface area (Å²) in [6.45, 7) is 0. The van der Waals surface area contributed by atoms with Gasteiger partial charge in [0.25, 0.3) is 5.91 Å². The van der Waals surface area contributed by atoms with Crippen molar-refractivity contribution in [2.45, 2.75) is 37.6 Å². The van der Waals surface area contributed by atoms with Crippen molar-refractivity contribution in [1.82, 2.24) is 5.32 Å². The molecule has 7 heteroatoms. The van der Waals surface area contributed by atoms with Gasteiger partial charge in [-0.05, 0) is 60.9 Å². The lowest BCUT2D eigenvalue weighted by atomic mass is 9.79. The van der Waals surface area contributed by atoms with E-state index in [1.807, 2.05) is 18.2 Å². The number of nitrogens with one attached hydrogen (secondary N) is 2. The predicted octanol–water partition coefficient (Wildman–Crippen LogP) is 2.87. The molecule has 0 aromatic heterocycles. The molecule has 0 saturated heterocycles. The highest BCUT2D eigenvalue weighted by Gasteiger charge is 2.28. The van der Waals surface area contributed by atoms with Crippen molar-refractivity contribution >= 4 is 23.6 Å². The van der Waals surface area contributed by atoms with Gasteiger partial charge >= 0.3 is 12.0 Å². The number of anilines is 1. The molecule has 28 heavy (non-hydrogen) atoms. The Hall–Kier alpha value is -3.35. The first-order valence-electron chi connectivity index (χ1n) is 9.22. The molecule has 2 atom stereocenters. The predicted molar refractivity (Wildman–Crippen MR) is 105 cm³/mol. The van der Waals surface area contributed by atoms with Crippen LogP contribution in [0.3, 0.4) is 0 Å². The standard InChI is InChI=1S/C21H23N3O4/c22-21(28)23-16-9-4-8-15(11-16)19(25)24-18(20(26)27)12-14-7-3-6-13-5-1-2-10-17(13)14/h1-2,4-5,8-11,14,18H,3,6-7,12H2,(H,24,25)(H,26,27)(H3,22,23,28). The van der Waals surface area contributed by atoms with E-state index in [4.69, 9.17) is 5.73 Å². The molecule has 0 radical (unpaired) electrons. The lowest BCUT2D eigenvalue weighted by Crippen LogP contribution is -2.42. The van der Waals surface area contributed by atoms with E-state index in [0.29, 0.717) is 12.1 Å². The van der Waals surface area contributed by atoms with Gasteiger partial charge in [-0.25, -0.2) is 9.59 Å². The van der Waals surface area contributed by atoms with Crippen LogP contribution in [0.4, 0.5) is 10.5 Å². The summed E-state index contributed by atoms with van der Waals surface area (Å²) in [6.07, 6.45) is 3.23. The first-order chi connectivity index (χ1) is 13.4. The smallest absolute Gasteiger partial charge is 0.326 e. The topological polar surface area (TPSA) is 122 Å². The summed E-state index contributed by atoms with van der Waals surface area (Å²) in [5, 5.41) is 14.6. The molecule has 0 saturated carbocycles. The Bertz CT molecular complexity index is 897. The van der Waals surface area contributed by atoms with Gasteiger partial charge in [0.15, 0.2) is 0 Å². The minimum atomic E-state index is -1.07. The van der Waals surface area contributed by atoms with Crippen molar-refractivity contribution in [3.8, 4) is 0 Å². The molecule has 0 bridgehead atoms. The van der Waals surface area contributed by atoms with Crippen molar-refractivity contribution in [3.05, 3.63) is 65.2 Å². The average molecular weight is 381 g/mol. The number of rotatable bonds is 6. The molecule has 2 aromatic carbocycles. The van der Waals surface area contributed by atoms with E-state index < -0.39 is 23.9 Å². The monoisotopic (exact) mass is 381 g/mol. The van der Waals surface area contributed by atoms with Gasteiger partial charge in [0, 0.05) is 11.3 Å². The van der Waals surface area contributed by atoms with Gasteiger partial charge in [-0.2, -0.15) is 0 Å². The summed E-state index contributed by atoms with van der Waals surface area (Å²) in [7, 11) is 0. The second kappa shape index (κ2) is 8.56. The highest BCUT2D eigenvalue weighted by molar-refractivity contribution is 5.98. The molecule has 1 aliphatic carbocycles. The number of aryl methyl sites for hydroxylation is 1. The third-order valence-electron chi connectivity index (χ3n) is 5.01. The number of carboxylic acids is 1. The molecule has 0 fully saturated rings. The van der Waals surface area contributed by atoms with E-state index >= 15 is 0 Å². The Morgan fingerprint density at radius 3 is 2.68 bits per heavy atom. The summed E-state index contributed by atoms with van der Waals surface area (Å²) < 4.78 is 0. The van der Waals surface area contributed by atoms with Gasteiger partial charge in [-0.15, -0.1) is 0 Å². The number of carbonyl (C=O) groups excluding carboxylic acids is 2. The lowest BCUT2D eigenvalue weighted by molar-refractivity contribution is -0.139. The lowest BCUT2D eigenvalue weighted by Gasteiger charge is -2.28. The maximum atomic E-state index is 12.6. The van der Waals surface area contributed by atoms with E-state index in [-0.39, 0.29) is 11.5 Å². The Morgan fingerprint density at radius 2 is 1.93 bits per heavy atom. The maximum absolute atomic E-state index is 12.6. The quantitative estimate of drug-likeness (QED) is 0.614. The van der Waals surface area contributed by atoms with Gasteiger partial charge in [0.1, 0.15) is 6.04 Å². The molecule has 3 amide bonds. The molecule has 0 aliphatic heterocycles. The van der Waals surface area contributed by atoms with Crippen LogP contribution in [-0.2, 0) is 11.2 Å². The third-order valence-corrected chi connectivity index (χ3v) is 5.01. The molecule has 3 rings (SSSR count). The molecular weight excluding hydrogens is 358 g/mol. The number of carbonyl (C=O) groups is 3. The second-order valence-electron chi connectivity index (χ2n) is 6.96. The zero-order valence-corrected chi connectivity index (χ0v) is 15.4. The van der Waals surface area contributed by atoms with Crippen molar-refractivity contribution in [3.63, 3.8) is 0 Å². The van der Waals surface area contributed by atoms with Gasteiger partial charge in [-0.1, -0.05) is 30.3 Å². The number of carboxylic acid groups (broad SMARTS) is 1. The molecule has 146 valence electrons. The van der Waals surface area contributed by atoms with Crippen molar-refractivity contribution < 1.29 is 19.5 Å². The summed E-state index contributed by atoms with van der Waals surface area (Å²) in [6, 6.07) is 12.5. The number of nitrogens with two attached hydrogens (primary N) is 1. The number of hydrogen-bond donors (Lipinski definition) is 4. The average Bonchev–Trinajstić information content (AvgIpc) is 2.67. The van der Waals surface area contributed by atoms with Crippen LogP contribution < -0.4 is 16.4 Å². The second-order valence-corrected chi connectivity index (χ2v) is 6.96. The fourth-order valence-electron chi connectivity index (χ4n) is 3.73. The Labute approximate surface area is 162 Å². The highest BCUT2D eigenvalue weighted by Crippen LogP contribution is 2.34. The van der Waals surface area contributed by atoms with Crippen LogP contribution in [0.5, 0.6) is 0 Å². The fourth-order valence-corrected chi connectivity index (χ4v) is 3.73. The Kier molecular flexibility index (Phi) is 5.93. The minimum absolute atomic E-state index is 0.0919. The molecule has 2 unspecified atom stereocenters. The number of primary amides is 1. The van der Waals surface area contributed by atoms with Gasteiger partial charge in [0.05, 0.1) is 0 Å². The van der Waals surface area contributed by atoms with E-state index in [9.17, 15) is 19.5 Å². The third kappa shape index (κ3) is 4.68. The van der Waals surface area contributed by atoms with Crippen LogP contribution in [0.25, 0.3) is 0 Å². The van der Waals surface area contributed by atoms with Gasteiger partial charge in [0.2, 0.25) is 0 Å². The van der Waals surface area contributed by atoms with Crippen molar-refractivity contribution in [1.29, 1.82) is 0 Å². The zero-order chi connectivity index (χ0) is 20.1. The van der Waals surface area contributed by atoms with Crippen molar-refractivity contribution in [2.24, 2.45) is 5.73 Å². The van der Waals surface area contributed by atoms with E-state index in [1.165, 1.54) is 17.2 Å². The molecule has 7 nitrogen and oxygen atoms in total. The normalized spacial score (nSPS) is 16.5. The number of urea groups is 1. The Morgan fingerprint density at radius 1 is 1.14 bits per heavy atom. The number of amides is 3. The van der Waals surface area contributed by atoms with E-state index in [0.717, 1.165) is 19.3 Å². The van der Waals surface area contributed by atoms with Crippen LogP contribution in [0.15, 0.2) is 48.5 Å². The summed E-state index contributed by atoms with van der Waals surface area (Å²) >= 11 is 0. The maximum Gasteiger partial charge on any atom is 0.326 e. The molecule has 5 N–H and O–H groups in total. The van der Waals surface area contributed by atoms with Crippen LogP contribution in [-0.4, -0.2) is 29.1 Å². The van der Waals surface area contributed by atoms with Crippen LogP contribution in [0.2, 0.25) is 0 Å². The zero-order valence-electron chi connectivity index (χ0n) is 15.4. The van der Waals surface area contributed by atoms with Gasteiger partial charge in [-0.3, -0.25) is 4.79 Å². The highest BCUT2D eigenvalue weighted by atomic mass is 16.4. The largest absolute Gasteiger partial charge is 0.480 e. The fraction of sp³-hybridized carbons (Fsp3) is 0.286. The number of aliphatic carboxylic acids is 1. The van der Waals surface area contributed by atoms with Crippen molar-refractivity contribution in [2.75, 3.05) is 5.32 Å². The summed E-state index contributed by atoms with van der Waals surface area (Å²) in [5.74, 6) is -1.48. The van der Waals surface area contributed by atoms with E-state index in [1.54, 1.807) is 18.2 Å². The van der Waals surface area contributed by atoms with Gasteiger partial charge < -0.3 is 21.5 Å². The number of hydrogen-bond acceptors (Lipinski definition) is 3. The molecule has 0 heterocycles. The Balaban J connectivity index is 1.73. The van der Waals surface area contributed by atoms with Crippen LogP contribution in [0, 0.1) is 0 Å². The number of fused-ring (bicyclic) bond motifs is 1. The minimum Gasteiger partial charge on any atom is -0.480 e. The first-order valence-corrected chi connectivity index (χ1v) is 9.22. The van der Waals surface area contributed by atoms with Crippen LogP contribution >= 0.6 is 0 Å². The molecule has 1 aliphatic rings. The first kappa shape index (κ1) is 19.4.